The van der Waals surface area contributed by atoms with Crippen LogP contribution >= 0.6 is 0 Å². The first-order chi connectivity index (χ1) is 4.68. The van der Waals surface area contributed by atoms with Gasteiger partial charge >= 0.3 is 0 Å². The average Bonchev–Trinajstić information content (AvgIpc) is 2.13. The summed E-state index contributed by atoms with van der Waals surface area (Å²) in [5, 5.41) is 10.7. The van der Waals surface area contributed by atoms with Crippen molar-refractivity contribution < 1.29 is 9.94 Å². The molecule has 0 unspecified atom stereocenters. The van der Waals surface area contributed by atoms with Gasteiger partial charge in [-0.15, -0.1) is 0 Å². The third-order valence-corrected chi connectivity index (χ3v) is 1.31. The second kappa shape index (κ2) is 3.14. The second-order valence-corrected chi connectivity index (χ2v) is 2.73. The Labute approximate surface area is 60.9 Å². The summed E-state index contributed by atoms with van der Waals surface area (Å²) in [6, 6.07) is 0. The van der Waals surface area contributed by atoms with E-state index >= 15 is 0 Å². The van der Waals surface area contributed by atoms with Gasteiger partial charge in [-0.2, -0.15) is 5.06 Å². The molecule has 3 heteroatoms. The van der Waals surface area contributed by atoms with Gasteiger partial charge in [-0.25, -0.2) is 0 Å². The fraction of sp³-hybridized carbons (Fsp3) is 0.714. The molecule has 1 heterocycles. The zero-order valence-electron chi connectivity index (χ0n) is 6.21. The molecule has 0 bridgehead atoms. The molecule has 1 aliphatic rings. The average molecular weight is 143 g/mol. The molecule has 0 radical (unpaired) electrons. The summed E-state index contributed by atoms with van der Waals surface area (Å²) in [5.41, 5.74) is 1.05. The van der Waals surface area contributed by atoms with E-state index in [0.29, 0.717) is 13.2 Å². The van der Waals surface area contributed by atoms with Crippen molar-refractivity contribution in [3.05, 3.63) is 12.2 Å². The van der Waals surface area contributed by atoms with Crippen LogP contribution in [0.15, 0.2) is 12.2 Å². The van der Waals surface area contributed by atoms with Crippen LogP contribution in [-0.4, -0.2) is 36.0 Å². The Hall–Kier alpha value is -0.380. The van der Waals surface area contributed by atoms with Crippen LogP contribution in [0.3, 0.4) is 0 Å². The van der Waals surface area contributed by atoms with Gasteiger partial charge in [0.1, 0.15) is 0 Å². The fourth-order valence-electron chi connectivity index (χ4n) is 0.943. The smallest absolute Gasteiger partial charge is 0.0958 e. The molecule has 1 fully saturated rings. The Morgan fingerprint density at radius 3 is 3.00 bits per heavy atom. The van der Waals surface area contributed by atoms with Crippen molar-refractivity contribution in [1.29, 1.82) is 0 Å². The number of nitrogens with zero attached hydrogens (tertiary/aromatic N) is 1. The summed E-state index contributed by atoms with van der Waals surface area (Å²) in [6.45, 7) is 7.43. The first kappa shape index (κ1) is 7.72. The van der Waals surface area contributed by atoms with E-state index in [1.165, 1.54) is 0 Å². The van der Waals surface area contributed by atoms with E-state index in [1.807, 2.05) is 6.92 Å². The molecule has 3 nitrogen and oxygen atoms in total. The second-order valence-electron chi connectivity index (χ2n) is 2.73. The van der Waals surface area contributed by atoms with E-state index in [-0.39, 0.29) is 6.10 Å². The molecule has 10 heavy (non-hydrogen) atoms. The molecule has 0 spiro atoms. The van der Waals surface area contributed by atoms with Gasteiger partial charge in [-0.1, -0.05) is 12.2 Å². The summed E-state index contributed by atoms with van der Waals surface area (Å²) >= 11 is 0. The lowest BCUT2D eigenvalue weighted by molar-refractivity contribution is -0.103. The van der Waals surface area contributed by atoms with Gasteiger partial charge in [0, 0.05) is 6.54 Å². The highest BCUT2D eigenvalue weighted by Crippen LogP contribution is 2.06. The van der Waals surface area contributed by atoms with Crippen LogP contribution in [-0.2, 0) is 4.84 Å². The summed E-state index contributed by atoms with van der Waals surface area (Å²) < 4.78 is 0. The molecular formula is C7H13NO2. The Morgan fingerprint density at radius 1 is 1.90 bits per heavy atom. The fourth-order valence-corrected chi connectivity index (χ4v) is 0.943. The number of β-amino-alcohol motifs (C(OH)–C–C–N with tert-alkyl or cyclic N) is 1. The highest BCUT2D eigenvalue weighted by molar-refractivity contribution is 4.91. The molecule has 0 saturated carbocycles. The number of aliphatic hydroxyl groups is 1. The molecule has 0 aromatic carbocycles. The summed E-state index contributed by atoms with van der Waals surface area (Å²) in [7, 11) is 0. The highest BCUT2D eigenvalue weighted by Gasteiger charge is 2.20. The molecule has 0 aromatic heterocycles. The van der Waals surface area contributed by atoms with Crippen LogP contribution < -0.4 is 0 Å². The van der Waals surface area contributed by atoms with Crippen molar-refractivity contribution >= 4 is 0 Å². The maximum atomic E-state index is 9.02. The van der Waals surface area contributed by atoms with Gasteiger partial charge < -0.3 is 5.11 Å². The Bertz CT molecular complexity index is 136. The van der Waals surface area contributed by atoms with E-state index in [9.17, 15) is 0 Å². The number of hydrogen-bond acceptors (Lipinski definition) is 3. The molecule has 58 valence electrons. The zero-order chi connectivity index (χ0) is 7.56. The highest BCUT2D eigenvalue weighted by atomic mass is 16.7. The summed E-state index contributed by atoms with van der Waals surface area (Å²) in [5.74, 6) is 0. The maximum absolute atomic E-state index is 9.02. The van der Waals surface area contributed by atoms with E-state index in [4.69, 9.17) is 9.94 Å². The number of aliphatic hydroxyl groups excluding tert-OH is 1. The molecule has 0 amide bonds. The van der Waals surface area contributed by atoms with Crippen LogP contribution in [0.5, 0.6) is 0 Å². The quantitative estimate of drug-likeness (QED) is 0.559. The van der Waals surface area contributed by atoms with E-state index in [2.05, 4.69) is 6.58 Å². The molecule has 1 N–H and O–H groups in total. The number of hydrogen-bond donors (Lipinski definition) is 1. The van der Waals surface area contributed by atoms with Crippen molar-refractivity contribution in [2.45, 2.75) is 13.0 Å². The van der Waals surface area contributed by atoms with E-state index < -0.39 is 0 Å². The Balaban J connectivity index is 2.24. The van der Waals surface area contributed by atoms with Crippen LogP contribution in [0.4, 0.5) is 0 Å². The summed E-state index contributed by atoms with van der Waals surface area (Å²) in [6.07, 6.45) is -0.320. The minimum absolute atomic E-state index is 0.320. The topological polar surface area (TPSA) is 32.7 Å². The predicted molar refractivity (Wildman–Crippen MR) is 38.3 cm³/mol. The van der Waals surface area contributed by atoms with Crippen LogP contribution in [0, 0.1) is 0 Å². The van der Waals surface area contributed by atoms with Gasteiger partial charge in [-0.3, -0.25) is 4.84 Å². The van der Waals surface area contributed by atoms with Crippen molar-refractivity contribution in [3.8, 4) is 0 Å². The van der Waals surface area contributed by atoms with Crippen molar-refractivity contribution in [1.82, 2.24) is 5.06 Å². The first-order valence-electron chi connectivity index (χ1n) is 3.39. The van der Waals surface area contributed by atoms with Gasteiger partial charge in [0.15, 0.2) is 0 Å². The van der Waals surface area contributed by atoms with E-state index in [1.54, 1.807) is 5.06 Å². The molecule has 1 atom stereocenters. The normalized spacial score (nSPS) is 27.2. The van der Waals surface area contributed by atoms with Crippen molar-refractivity contribution in [2.75, 3.05) is 19.7 Å². The van der Waals surface area contributed by atoms with Gasteiger partial charge in [-0.05, 0) is 6.92 Å². The number of hydroxylamine groups is 2. The SMILES string of the molecule is C=C(C)CN1C[C@H](O)CO1. The predicted octanol–water partition coefficient (Wildman–Crippen LogP) is 0.171. The largest absolute Gasteiger partial charge is 0.389 e. The lowest BCUT2D eigenvalue weighted by atomic mass is 10.3. The van der Waals surface area contributed by atoms with Gasteiger partial charge in [0.05, 0.1) is 19.3 Å². The lowest BCUT2D eigenvalue weighted by Gasteiger charge is -2.12. The van der Waals surface area contributed by atoms with Gasteiger partial charge in [0.25, 0.3) is 0 Å². The van der Waals surface area contributed by atoms with Crippen LogP contribution in [0.25, 0.3) is 0 Å². The van der Waals surface area contributed by atoms with E-state index in [0.717, 1.165) is 12.1 Å². The molecule has 1 rings (SSSR count). The number of rotatable bonds is 2. The lowest BCUT2D eigenvalue weighted by Crippen LogP contribution is -2.22. The molecular weight excluding hydrogens is 130 g/mol. The molecule has 0 aromatic rings. The third kappa shape index (κ3) is 2.10. The minimum atomic E-state index is -0.320. The standard InChI is InChI=1S/C7H13NO2/c1-6(2)3-8-4-7(9)5-10-8/h7,9H,1,3-5H2,2H3/t7-/m0/s1. The summed E-state index contributed by atoms with van der Waals surface area (Å²) in [4.78, 5) is 5.10. The maximum Gasteiger partial charge on any atom is 0.0958 e. The first-order valence-corrected chi connectivity index (χ1v) is 3.39. The van der Waals surface area contributed by atoms with Crippen molar-refractivity contribution in [3.63, 3.8) is 0 Å². The Kier molecular flexibility index (Phi) is 2.43. The molecule has 1 aliphatic heterocycles. The zero-order valence-corrected chi connectivity index (χ0v) is 6.21. The van der Waals surface area contributed by atoms with Gasteiger partial charge in [0.2, 0.25) is 0 Å². The molecule has 0 aliphatic carbocycles. The van der Waals surface area contributed by atoms with Crippen molar-refractivity contribution in [2.24, 2.45) is 0 Å². The van der Waals surface area contributed by atoms with Crippen LogP contribution in [0.2, 0.25) is 0 Å². The minimum Gasteiger partial charge on any atom is -0.389 e. The monoisotopic (exact) mass is 143 g/mol. The third-order valence-electron chi connectivity index (χ3n) is 1.31. The van der Waals surface area contributed by atoms with Crippen LogP contribution in [0.1, 0.15) is 6.92 Å². The molecule has 1 saturated heterocycles. The Morgan fingerprint density at radius 2 is 2.60 bits per heavy atom.